The summed E-state index contributed by atoms with van der Waals surface area (Å²) in [4.78, 5) is 8.57. The van der Waals surface area contributed by atoms with Crippen LogP contribution in [0.25, 0.3) is 0 Å². The van der Waals surface area contributed by atoms with Crippen molar-refractivity contribution in [2.45, 2.75) is 82.3 Å². The summed E-state index contributed by atoms with van der Waals surface area (Å²) in [5.74, 6) is 7.68. The van der Waals surface area contributed by atoms with Crippen LogP contribution in [-0.4, -0.2) is 39.1 Å². The number of rotatable bonds is 9. The molecule has 7 nitrogen and oxygen atoms in total. The first-order valence-electron chi connectivity index (χ1n) is 15.7. The number of hydrogen-bond donors (Lipinski definition) is 4. The van der Waals surface area contributed by atoms with E-state index in [1.165, 1.54) is 0 Å². The number of phenolic OH excluding ortho intramolecular Hbond substituents is 1. The van der Waals surface area contributed by atoms with Crippen LogP contribution < -0.4 is 15.5 Å². The van der Waals surface area contributed by atoms with Gasteiger partial charge in [0.1, 0.15) is 5.82 Å². The van der Waals surface area contributed by atoms with Crippen LogP contribution in [0.3, 0.4) is 0 Å². The zero-order chi connectivity index (χ0) is 30.2. The summed E-state index contributed by atoms with van der Waals surface area (Å²) in [6, 6.07) is 13.2. The lowest BCUT2D eigenvalue weighted by Crippen LogP contribution is -2.36. The summed E-state index contributed by atoms with van der Waals surface area (Å²) in [5.41, 5.74) is 8.99. The topological polar surface area (TPSA) is 123 Å². The molecule has 1 aromatic carbocycles. The lowest BCUT2D eigenvalue weighted by molar-refractivity contribution is -0.00705. The fraction of sp³-hybridized carbons (Fsp3) is 0.472. The number of anilines is 1. The van der Waals surface area contributed by atoms with Crippen LogP contribution in [0.1, 0.15) is 80.5 Å². The molecular formula is C36H44N3O4-. The van der Waals surface area contributed by atoms with Crippen LogP contribution in [0.5, 0.6) is 11.5 Å². The molecule has 228 valence electrons. The van der Waals surface area contributed by atoms with E-state index in [0.29, 0.717) is 43.4 Å². The van der Waals surface area contributed by atoms with Crippen LogP contribution in [0.4, 0.5) is 5.82 Å². The van der Waals surface area contributed by atoms with Crippen molar-refractivity contribution in [2.24, 2.45) is 17.8 Å². The second-order valence-corrected chi connectivity index (χ2v) is 12.1. The second-order valence-electron chi connectivity index (χ2n) is 12.1. The van der Waals surface area contributed by atoms with E-state index in [9.17, 15) is 15.3 Å². The summed E-state index contributed by atoms with van der Waals surface area (Å²) >= 11 is 0. The van der Waals surface area contributed by atoms with Gasteiger partial charge in [-0.1, -0.05) is 62.0 Å². The Kier molecular flexibility index (Phi) is 10.5. The Hall–Kier alpha value is -3.73. The normalized spacial score (nSPS) is 26.4. The van der Waals surface area contributed by atoms with E-state index in [4.69, 9.17) is 10.5 Å². The van der Waals surface area contributed by atoms with E-state index < -0.39 is 12.2 Å². The fourth-order valence-corrected chi connectivity index (χ4v) is 6.54. The molecule has 2 aromatic heterocycles. The molecule has 0 fully saturated rings. The van der Waals surface area contributed by atoms with Crippen LogP contribution in [0.2, 0.25) is 0 Å². The predicted molar refractivity (Wildman–Crippen MR) is 169 cm³/mol. The number of aliphatic hydroxyl groups is 2. The zero-order valence-electron chi connectivity index (χ0n) is 25.0. The molecule has 7 heteroatoms. The number of hydrogen-bond acceptors (Lipinski definition) is 6. The van der Waals surface area contributed by atoms with Crippen LogP contribution in [-0.2, 0) is 6.42 Å². The SMILES string of the molecule is CCC1C#CC2C=CC(c3ccc(O)c(OCCC(Cc4ccc[n-]4)c4ccnc(N)c4)c3)CC(O)C2C(O)CCCC1. The van der Waals surface area contributed by atoms with Crippen molar-refractivity contribution >= 4 is 5.82 Å². The lowest BCUT2D eigenvalue weighted by Gasteiger charge is -2.31. The van der Waals surface area contributed by atoms with Crippen LogP contribution >= 0.6 is 0 Å². The Morgan fingerprint density at radius 2 is 1.93 bits per heavy atom. The molecule has 7 atom stereocenters. The molecule has 0 aliphatic heterocycles. The van der Waals surface area contributed by atoms with Gasteiger partial charge in [-0.15, -0.1) is 0 Å². The van der Waals surface area contributed by atoms with Gasteiger partial charge in [0.2, 0.25) is 0 Å². The lowest BCUT2D eigenvalue weighted by atomic mass is 9.79. The van der Waals surface area contributed by atoms with E-state index in [-0.39, 0.29) is 29.4 Å². The van der Waals surface area contributed by atoms with Gasteiger partial charge in [0.25, 0.3) is 0 Å². The number of allylic oxidation sites excluding steroid dienone is 2. The number of aromatic nitrogens is 2. The summed E-state index contributed by atoms with van der Waals surface area (Å²) < 4.78 is 6.16. The van der Waals surface area contributed by atoms with Crippen molar-refractivity contribution in [3.63, 3.8) is 0 Å². The van der Waals surface area contributed by atoms with Crippen molar-refractivity contribution in [3.05, 3.63) is 83.8 Å². The number of nitrogens with zero attached hydrogens (tertiary/aromatic N) is 2. The van der Waals surface area contributed by atoms with Crippen LogP contribution in [0, 0.1) is 29.6 Å². The molecule has 3 aromatic rings. The number of aromatic hydroxyl groups is 1. The molecule has 7 unspecified atom stereocenters. The van der Waals surface area contributed by atoms with E-state index in [0.717, 1.165) is 48.9 Å². The van der Waals surface area contributed by atoms with E-state index in [1.807, 2.05) is 36.4 Å². The minimum atomic E-state index is -0.703. The number of pyridine rings is 1. The number of nitrogens with two attached hydrogens (primary N) is 1. The average molecular weight is 583 g/mol. The minimum Gasteiger partial charge on any atom is -0.668 e. The molecule has 5 rings (SSSR count). The van der Waals surface area contributed by atoms with Crippen molar-refractivity contribution in [1.29, 1.82) is 0 Å². The van der Waals surface area contributed by atoms with Gasteiger partial charge in [-0.05, 0) is 79.8 Å². The molecular weight excluding hydrogens is 538 g/mol. The molecule has 0 amide bonds. The van der Waals surface area contributed by atoms with Gasteiger partial charge >= 0.3 is 0 Å². The van der Waals surface area contributed by atoms with Gasteiger partial charge in [0, 0.05) is 29.9 Å². The van der Waals surface area contributed by atoms with Gasteiger partial charge in [0.05, 0.1) is 18.8 Å². The van der Waals surface area contributed by atoms with E-state index in [2.05, 4.69) is 40.9 Å². The number of ether oxygens (including phenoxy) is 1. The van der Waals surface area contributed by atoms with Gasteiger partial charge < -0.3 is 30.8 Å². The molecule has 0 spiro atoms. The van der Waals surface area contributed by atoms with E-state index in [1.54, 1.807) is 18.5 Å². The summed E-state index contributed by atoms with van der Waals surface area (Å²) in [6.45, 7) is 2.56. The van der Waals surface area contributed by atoms with Crippen molar-refractivity contribution < 1.29 is 20.1 Å². The zero-order valence-corrected chi connectivity index (χ0v) is 25.0. The van der Waals surface area contributed by atoms with Crippen molar-refractivity contribution in [1.82, 2.24) is 9.97 Å². The molecule has 0 bridgehead atoms. The summed E-state index contributed by atoms with van der Waals surface area (Å²) in [6.07, 6.45) is 13.0. The molecule has 2 aliphatic rings. The molecule has 0 radical (unpaired) electrons. The smallest absolute Gasteiger partial charge is 0.161 e. The fourth-order valence-electron chi connectivity index (χ4n) is 6.54. The molecule has 0 saturated carbocycles. The Bertz CT molecular complexity index is 1410. The number of aliphatic hydroxyl groups excluding tert-OH is 2. The third-order valence-electron chi connectivity index (χ3n) is 9.08. The Morgan fingerprint density at radius 3 is 2.72 bits per heavy atom. The summed E-state index contributed by atoms with van der Waals surface area (Å²) in [7, 11) is 0. The maximum absolute atomic E-state index is 11.4. The van der Waals surface area contributed by atoms with Gasteiger partial charge in [0.15, 0.2) is 11.5 Å². The van der Waals surface area contributed by atoms with Gasteiger partial charge in [-0.2, -0.15) is 11.9 Å². The number of phenols is 1. The van der Waals surface area contributed by atoms with Gasteiger partial charge in [-0.25, -0.2) is 4.98 Å². The molecule has 43 heavy (non-hydrogen) atoms. The highest BCUT2D eigenvalue weighted by Gasteiger charge is 2.36. The number of nitrogen functional groups attached to an aromatic ring is 1. The molecule has 2 heterocycles. The largest absolute Gasteiger partial charge is 0.668 e. The van der Waals surface area contributed by atoms with Crippen molar-refractivity contribution in [3.8, 4) is 23.3 Å². The number of fused-ring (bicyclic) bond motifs is 1. The monoisotopic (exact) mass is 582 g/mol. The Labute approximate surface area is 255 Å². The first kappa shape index (κ1) is 30.7. The quantitative estimate of drug-likeness (QED) is 0.188. The third-order valence-corrected chi connectivity index (χ3v) is 9.08. The first-order valence-corrected chi connectivity index (χ1v) is 15.7. The Balaban J connectivity index is 1.31. The Morgan fingerprint density at radius 1 is 1.07 bits per heavy atom. The maximum atomic E-state index is 11.4. The average Bonchev–Trinajstić information content (AvgIpc) is 3.45. The number of benzene rings is 1. The van der Waals surface area contributed by atoms with Gasteiger partial charge in [-0.3, -0.25) is 0 Å². The molecule has 2 aliphatic carbocycles. The molecule has 0 saturated heterocycles. The molecule has 5 N–H and O–H groups in total. The predicted octanol–water partition coefficient (Wildman–Crippen LogP) is 5.72. The highest BCUT2D eigenvalue weighted by atomic mass is 16.5. The van der Waals surface area contributed by atoms with E-state index >= 15 is 0 Å². The van der Waals surface area contributed by atoms with Crippen LogP contribution in [0.15, 0.2) is 67.0 Å². The second kappa shape index (κ2) is 14.6. The highest BCUT2D eigenvalue weighted by molar-refractivity contribution is 5.44. The maximum Gasteiger partial charge on any atom is 0.161 e. The highest BCUT2D eigenvalue weighted by Crippen LogP contribution is 2.39. The minimum absolute atomic E-state index is 0.0744. The summed E-state index contributed by atoms with van der Waals surface area (Å²) in [5, 5.41) is 33.1. The third kappa shape index (κ3) is 8.01. The first-order chi connectivity index (χ1) is 20.9. The standard InChI is InChI=1S/C36H44N3O4/c1-2-24-6-3-4-8-32(41)36-25(10-9-24)11-12-26(21-33(36)42)27-13-14-31(40)34(22-27)43-19-16-29(20-30-7-5-17-38-30)28-15-18-39-35(37)23-28/h5,7,11-15,17-18,22-26,29,32-33,36,40-42H,2-4,6,8,16,19-21H2,1H3,(H2,37,39)/q-1. The van der Waals surface area contributed by atoms with Crippen molar-refractivity contribution in [2.75, 3.05) is 12.3 Å².